The average molecular weight is 413 g/mol. The second-order valence-electron chi connectivity index (χ2n) is 8.92. The van der Waals surface area contributed by atoms with Crippen LogP contribution in [0.3, 0.4) is 0 Å². The third kappa shape index (κ3) is 2.93. The van der Waals surface area contributed by atoms with Gasteiger partial charge in [0.2, 0.25) is 5.91 Å². The lowest BCUT2D eigenvalue weighted by Crippen LogP contribution is -2.49. The largest absolute Gasteiger partial charge is 0.336 e. The van der Waals surface area contributed by atoms with E-state index in [1.54, 1.807) is 0 Å². The molecule has 0 bridgehead atoms. The van der Waals surface area contributed by atoms with Crippen LogP contribution >= 0.6 is 11.6 Å². The van der Waals surface area contributed by atoms with E-state index in [-0.39, 0.29) is 5.54 Å². The Labute approximate surface area is 177 Å². The molecule has 154 valence electrons. The quantitative estimate of drug-likeness (QED) is 0.739. The molecule has 1 aromatic heterocycles. The van der Waals surface area contributed by atoms with E-state index in [1.807, 2.05) is 18.2 Å². The van der Waals surface area contributed by atoms with Crippen molar-refractivity contribution in [2.24, 2.45) is 5.92 Å². The van der Waals surface area contributed by atoms with Crippen molar-refractivity contribution < 1.29 is 4.79 Å². The molecule has 3 aliphatic heterocycles. The highest BCUT2D eigenvalue weighted by atomic mass is 35.5. The molecule has 5 nitrogen and oxygen atoms in total. The number of rotatable bonds is 5. The number of carbonyl (C=O) groups excluding carboxylic acids is 1. The Morgan fingerprint density at radius 3 is 3.00 bits per heavy atom. The highest BCUT2D eigenvalue weighted by molar-refractivity contribution is 6.30. The molecule has 0 aliphatic carbocycles. The van der Waals surface area contributed by atoms with Crippen molar-refractivity contribution in [3.63, 3.8) is 0 Å². The third-order valence-electron chi connectivity index (χ3n) is 7.19. The molecule has 3 fully saturated rings. The van der Waals surface area contributed by atoms with Crippen LogP contribution in [0.1, 0.15) is 55.5 Å². The SMILES string of the molecule is CCCn1cc([C@@H]2C[C@H]3CN(Cc4cccc(Cl)c4)C(=O)[C@]34CCCN24)c(C)n1. The van der Waals surface area contributed by atoms with Crippen LogP contribution in [-0.2, 0) is 17.9 Å². The number of amides is 1. The number of benzene rings is 1. The number of hydrogen-bond acceptors (Lipinski definition) is 3. The van der Waals surface area contributed by atoms with Gasteiger partial charge in [-0.2, -0.15) is 5.10 Å². The van der Waals surface area contributed by atoms with Gasteiger partial charge in [-0.15, -0.1) is 0 Å². The topological polar surface area (TPSA) is 41.4 Å². The van der Waals surface area contributed by atoms with Crippen molar-refractivity contribution in [3.05, 3.63) is 52.3 Å². The fraction of sp³-hybridized carbons (Fsp3) is 0.565. The summed E-state index contributed by atoms with van der Waals surface area (Å²) < 4.78 is 2.08. The molecule has 6 heteroatoms. The first kappa shape index (κ1) is 19.1. The van der Waals surface area contributed by atoms with E-state index in [2.05, 4.69) is 40.6 Å². The molecular formula is C23H29ClN4O. The molecule has 1 aromatic carbocycles. The molecule has 1 amide bonds. The molecule has 2 aromatic rings. The van der Waals surface area contributed by atoms with Crippen LogP contribution in [0.5, 0.6) is 0 Å². The number of likely N-dealkylation sites (tertiary alicyclic amines) is 1. The number of hydrogen-bond donors (Lipinski definition) is 0. The molecular weight excluding hydrogens is 384 g/mol. The zero-order valence-corrected chi connectivity index (χ0v) is 18.0. The summed E-state index contributed by atoms with van der Waals surface area (Å²) in [5.74, 6) is 0.719. The number of aromatic nitrogens is 2. The van der Waals surface area contributed by atoms with Crippen LogP contribution in [0, 0.1) is 12.8 Å². The fourth-order valence-electron chi connectivity index (χ4n) is 6.07. The van der Waals surface area contributed by atoms with E-state index in [1.165, 1.54) is 5.56 Å². The monoisotopic (exact) mass is 412 g/mol. The normalized spacial score (nSPS) is 28.9. The number of halogens is 1. The van der Waals surface area contributed by atoms with Crippen LogP contribution in [0.2, 0.25) is 5.02 Å². The highest BCUT2D eigenvalue weighted by Gasteiger charge is 2.65. The molecule has 4 heterocycles. The Morgan fingerprint density at radius 2 is 2.21 bits per heavy atom. The summed E-state index contributed by atoms with van der Waals surface area (Å²) >= 11 is 6.16. The van der Waals surface area contributed by atoms with E-state index in [4.69, 9.17) is 16.7 Å². The number of nitrogens with zero attached hydrogens (tertiary/aromatic N) is 4. The summed E-state index contributed by atoms with van der Waals surface area (Å²) in [7, 11) is 0. The van der Waals surface area contributed by atoms with E-state index in [0.717, 1.165) is 61.6 Å². The minimum Gasteiger partial charge on any atom is -0.336 e. The van der Waals surface area contributed by atoms with E-state index >= 15 is 0 Å². The Balaban J connectivity index is 1.41. The maximum Gasteiger partial charge on any atom is 0.243 e. The van der Waals surface area contributed by atoms with Gasteiger partial charge in [-0.05, 0) is 56.8 Å². The maximum absolute atomic E-state index is 13.7. The summed E-state index contributed by atoms with van der Waals surface area (Å²) in [6.45, 7) is 7.76. The van der Waals surface area contributed by atoms with Crippen LogP contribution in [0.15, 0.2) is 30.5 Å². The fourth-order valence-corrected chi connectivity index (χ4v) is 6.28. The summed E-state index contributed by atoms with van der Waals surface area (Å²) in [6, 6.07) is 8.21. The van der Waals surface area contributed by atoms with Crippen LogP contribution in [0.25, 0.3) is 0 Å². The van der Waals surface area contributed by atoms with Crippen molar-refractivity contribution in [1.29, 1.82) is 0 Å². The van der Waals surface area contributed by atoms with Crippen LogP contribution in [0.4, 0.5) is 0 Å². The average Bonchev–Trinajstić information content (AvgIpc) is 3.39. The second kappa shape index (κ2) is 7.13. The Morgan fingerprint density at radius 1 is 1.34 bits per heavy atom. The van der Waals surface area contributed by atoms with Crippen molar-refractivity contribution in [3.8, 4) is 0 Å². The van der Waals surface area contributed by atoms with Crippen molar-refractivity contribution in [1.82, 2.24) is 19.6 Å². The lowest BCUT2D eigenvalue weighted by atomic mass is 9.85. The zero-order chi connectivity index (χ0) is 20.2. The standard InChI is InChI=1S/C23H29ClN4O/c1-3-9-27-15-20(16(2)25-27)21-12-18-14-26(13-17-6-4-7-19(24)11-17)22(29)23(18)8-5-10-28(21)23/h4,6-7,11,15,18,21H,3,5,8-10,12-14H2,1-2H3/t18-,21-,23-/m0/s1. The van der Waals surface area contributed by atoms with Crippen molar-refractivity contribution >= 4 is 17.5 Å². The predicted molar refractivity (Wildman–Crippen MR) is 114 cm³/mol. The molecule has 3 aliphatic rings. The van der Waals surface area contributed by atoms with Gasteiger partial charge in [-0.25, -0.2) is 0 Å². The van der Waals surface area contributed by atoms with E-state index < -0.39 is 0 Å². The molecule has 0 saturated carbocycles. The van der Waals surface area contributed by atoms with E-state index in [0.29, 0.717) is 24.4 Å². The van der Waals surface area contributed by atoms with Gasteiger partial charge < -0.3 is 4.90 Å². The van der Waals surface area contributed by atoms with Gasteiger partial charge in [0.05, 0.1) is 5.69 Å². The zero-order valence-electron chi connectivity index (χ0n) is 17.3. The predicted octanol–water partition coefficient (Wildman–Crippen LogP) is 4.19. The van der Waals surface area contributed by atoms with Crippen molar-refractivity contribution in [2.45, 2.75) is 64.2 Å². The minimum absolute atomic E-state index is 0.303. The second-order valence-corrected chi connectivity index (χ2v) is 9.35. The van der Waals surface area contributed by atoms with Gasteiger partial charge in [0.25, 0.3) is 0 Å². The Hall–Kier alpha value is -1.85. The molecule has 5 rings (SSSR count). The molecule has 0 unspecified atom stereocenters. The van der Waals surface area contributed by atoms with Crippen LogP contribution < -0.4 is 0 Å². The van der Waals surface area contributed by atoms with Gasteiger partial charge in [-0.3, -0.25) is 14.4 Å². The highest BCUT2D eigenvalue weighted by Crippen LogP contribution is 2.56. The smallest absolute Gasteiger partial charge is 0.243 e. The van der Waals surface area contributed by atoms with Crippen LogP contribution in [-0.4, -0.2) is 44.1 Å². The first-order chi connectivity index (χ1) is 14.0. The minimum atomic E-state index is -0.303. The summed E-state index contributed by atoms with van der Waals surface area (Å²) in [5.41, 5.74) is 3.25. The third-order valence-corrected chi connectivity index (χ3v) is 7.42. The first-order valence-electron chi connectivity index (χ1n) is 10.9. The van der Waals surface area contributed by atoms with Gasteiger partial charge in [-0.1, -0.05) is 30.7 Å². The van der Waals surface area contributed by atoms with Gasteiger partial charge in [0, 0.05) is 48.4 Å². The van der Waals surface area contributed by atoms with Gasteiger partial charge in [0.1, 0.15) is 5.54 Å². The molecule has 0 radical (unpaired) electrons. The summed E-state index contributed by atoms with van der Waals surface area (Å²) in [5, 5.41) is 5.46. The number of carbonyl (C=O) groups is 1. The summed E-state index contributed by atoms with van der Waals surface area (Å²) in [6.07, 6.45) is 6.45. The molecule has 1 spiro atoms. The van der Waals surface area contributed by atoms with Gasteiger partial charge in [0.15, 0.2) is 0 Å². The van der Waals surface area contributed by atoms with Gasteiger partial charge >= 0.3 is 0 Å². The Bertz CT molecular complexity index is 941. The molecule has 29 heavy (non-hydrogen) atoms. The molecule has 0 N–H and O–H groups in total. The van der Waals surface area contributed by atoms with Crippen molar-refractivity contribution in [2.75, 3.05) is 13.1 Å². The lowest BCUT2D eigenvalue weighted by Gasteiger charge is -2.33. The Kier molecular flexibility index (Phi) is 4.71. The first-order valence-corrected chi connectivity index (χ1v) is 11.2. The number of aryl methyl sites for hydroxylation is 2. The molecule has 3 atom stereocenters. The molecule has 3 saturated heterocycles. The van der Waals surface area contributed by atoms with E-state index in [9.17, 15) is 4.79 Å². The lowest BCUT2D eigenvalue weighted by molar-refractivity contribution is -0.137. The maximum atomic E-state index is 13.7. The summed E-state index contributed by atoms with van der Waals surface area (Å²) in [4.78, 5) is 18.3.